The number of nitrogens with zero attached hydrogens (tertiary/aromatic N) is 1. The van der Waals surface area contributed by atoms with Crippen LogP contribution in [0.2, 0.25) is 0 Å². The summed E-state index contributed by atoms with van der Waals surface area (Å²) < 4.78 is 0. The predicted octanol–water partition coefficient (Wildman–Crippen LogP) is 3.51. The van der Waals surface area contributed by atoms with Crippen molar-refractivity contribution in [1.29, 1.82) is 0 Å². The van der Waals surface area contributed by atoms with Crippen LogP contribution in [0.25, 0.3) is 11.1 Å². The summed E-state index contributed by atoms with van der Waals surface area (Å²) >= 11 is 0. The van der Waals surface area contributed by atoms with E-state index < -0.39 is 0 Å². The molecule has 1 spiro atoms. The molecular formula is C16H16N2. The first kappa shape index (κ1) is 10.1. The van der Waals surface area contributed by atoms with Gasteiger partial charge in [0, 0.05) is 29.3 Å². The highest BCUT2D eigenvalue weighted by Crippen LogP contribution is 2.54. The van der Waals surface area contributed by atoms with Gasteiger partial charge in [0.1, 0.15) is 5.82 Å². The second-order valence-electron chi connectivity index (χ2n) is 5.62. The molecule has 2 heteroatoms. The average molecular weight is 236 g/mol. The molecule has 1 saturated carbocycles. The summed E-state index contributed by atoms with van der Waals surface area (Å²) in [6, 6.07) is 11.0. The van der Waals surface area contributed by atoms with Gasteiger partial charge in [-0.3, -0.25) is 0 Å². The van der Waals surface area contributed by atoms with Gasteiger partial charge < -0.3 is 5.32 Å². The van der Waals surface area contributed by atoms with E-state index in [1.54, 1.807) is 0 Å². The van der Waals surface area contributed by atoms with Crippen LogP contribution < -0.4 is 5.32 Å². The van der Waals surface area contributed by atoms with Gasteiger partial charge in [-0.1, -0.05) is 29.8 Å². The maximum absolute atomic E-state index is 4.59. The number of nitrogens with one attached hydrogen (secondary N) is 1. The van der Waals surface area contributed by atoms with Gasteiger partial charge >= 0.3 is 0 Å². The predicted molar refractivity (Wildman–Crippen MR) is 73.8 cm³/mol. The highest BCUT2D eigenvalue weighted by molar-refractivity contribution is 5.69. The molecule has 2 aromatic rings. The number of aryl methyl sites for hydroxylation is 1. The van der Waals surface area contributed by atoms with Crippen molar-refractivity contribution < 1.29 is 0 Å². The van der Waals surface area contributed by atoms with E-state index in [1.165, 1.54) is 35.1 Å². The molecule has 1 aromatic heterocycles. The van der Waals surface area contributed by atoms with E-state index in [1.807, 2.05) is 6.20 Å². The van der Waals surface area contributed by atoms with Crippen LogP contribution >= 0.6 is 0 Å². The number of pyridine rings is 1. The van der Waals surface area contributed by atoms with Crippen molar-refractivity contribution in [3.8, 4) is 11.1 Å². The zero-order valence-corrected chi connectivity index (χ0v) is 10.5. The van der Waals surface area contributed by atoms with Crippen molar-refractivity contribution in [2.24, 2.45) is 0 Å². The van der Waals surface area contributed by atoms with Gasteiger partial charge in [-0.05, 0) is 31.4 Å². The lowest BCUT2D eigenvalue weighted by atomic mass is 9.96. The number of fused-ring (bicyclic) bond motifs is 2. The molecule has 0 unspecified atom stereocenters. The summed E-state index contributed by atoms with van der Waals surface area (Å²) in [7, 11) is 0. The monoisotopic (exact) mass is 236 g/mol. The summed E-state index contributed by atoms with van der Waals surface area (Å²) in [5.74, 6) is 1.10. The minimum absolute atomic E-state index is 0.419. The van der Waals surface area contributed by atoms with E-state index in [0.717, 1.165) is 12.4 Å². The molecule has 1 N–H and O–H groups in total. The zero-order valence-electron chi connectivity index (χ0n) is 10.5. The minimum atomic E-state index is 0.419. The first-order valence-electron chi connectivity index (χ1n) is 6.58. The van der Waals surface area contributed by atoms with Gasteiger partial charge in [0.2, 0.25) is 0 Å². The fourth-order valence-corrected chi connectivity index (χ4v) is 2.94. The number of aromatic nitrogens is 1. The van der Waals surface area contributed by atoms with E-state index in [2.05, 4.69) is 47.6 Å². The van der Waals surface area contributed by atoms with Crippen LogP contribution in [0.4, 0.5) is 5.82 Å². The molecule has 1 aliphatic heterocycles. The Balaban J connectivity index is 1.84. The molecule has 1 aromatic carbocycles. The second-order valence-corrected chi connectivity index (χ2v) is 5.62. The smallest absolute Gasteiger partial charge is 0.129 e. The first-order valence-corrected chi connectivity index (χ1v) is 6.58. The van der Waals surface area contributed by atoms with Gasteiger partial charge in [0.15, 0.2) is 0 Å². The number of hydrogen-bond donors (Lipinski definition) is 1. The molecule has 2 heterocycles. The molecule has 18 heavy (non-hydrogen) atoms. The highest BCUT2D eigenvalue weighted by Gasteiger charge is 2.49. The lowest BCUT2D eigenvalue weighted by Crippen LogP contribution is -2.08. The average Bonchev–Trinajstić information content (AvgIpc) is 3.08. The van der Waals surface area contributed by atoms with E-state index >= 15 is 0 Å². The molecule has 4 rings (SSSR count). The molecule has 1 aliphatic carbocycles. The van der Waals surface area contributed by atoms with Gasteiger partial charge in [0.25, 0.3) is 0 Å². The van der Waals surface area contributed by atoms with Crippen LogP contribution in [0.15, 0.2) is 36.5 Å². The molecule has 90 valence electrons. The van der Waals surface area contributed by atoms with E-state index in [-0.39, 0.29) is 0 Å². The van der Waals surface area contributed by atoms with E-state index in [9.17, 15) is 0 Å². The molecule has 1 fully saturated rings. The van der Waals surface area contributed by atoms with Crippen LogP contribution in [0.1, 0.15) is 24.0 Å². The Bertz CT molecular complexity index is 627. The second kappa shape index (κ2) is 3.35. The zero-order chi connectivity index (χ0) is 12.2. The number of benzene rings is 1. The van der Waals surface area contributed by atoms with Crippen LogP contribution in [0.5, 0.6) is 0 Å². The summed E-state index contributed by atoms with van der Waals surface area (Å²) in [5.41, 5.74) is 5.66. The Labute approximate surface area is 107 Å². The Morgan fingerprint density at radius 2 is 2.06 bits per heavy atom. The van der Waals surface area contributed by atoms with Gasteiger partial charge in [0.05, 0.1) is 0 Å². The SMILES string of the molecule is Cc1cccc(-c2cnc3c(c2)C2(CC2)CN3)c1. The fourth-order valence-electron chi connectivity index (χ4n) is 2.94. The van der Waals surface area contributed by atoms with Crippen molar-refractivity contribution >= 4 is 5.82 Å². The normalized spacial score (nSPS) is 18.5. The third-order valence-corrected chi connectivity index (χ3v) is 4.26. The maximum atomic E-state index is 4.59. The van der Waals surface area contributed by atoms with Gasteiger partial charge in [-0.15, -0.1) is 0 Å². The molecule has 2 aliphatic rings. The Hall–Kier alpha value is -1.83. The third-order valence-electron chi connectivity index (χ3n) is 4.26. The van der Waals surface area contributed by atoms with Gasteiger partial charge in [-0.2, -0.15) is 0 Å². The lowest BCUT2D eigenvalue weighted by Gasteiger charge is -2.08. The molecule has 0 saturated heterocycles. The standard InChI is InChI=1S/C16H16N2/c1-11-3-2-4-12(7-11)13-8-14-15(17-9-13)18-10-16(14)5-6-16/h2-4,7-9H,5-6,10H2,1H3,(H,17,18). The summed E-state index contributed by atoms with van der Waals surface area (Å²) in [4.78, 5) is 4.59. The summed E-state index contributed by atoms with van der Waals surface area (Å²) in [6.45, 7) is 3.21. The van der Waals surface area contributed by atoms with Crippen molar-refractivity contribution in [3.63, 3.8) is 0 Å². The van der Waals surface area contributed by atoms with Crippen LogP contribution in [-0.4, -0.2) is 11.5 Å². The van der Waals surface area contributed by atoms with Crippen molar-refractivity contribution in [2.45, 2.75) is 25.2 Å². The third kappa shape index (κ3) is 1.38. The Kier molecular flexibility index (Phi) is 1.88. The Morgan fingerprint density at radius 1 is 1.17 bits per heavy atom. The lowest BCUT2D eigenvalue weighted by molar-refractivity contribution is 0.778. The highest BCUT2D eigenvalue weighted by atomic mass is 15.0. The molecule has 0 atom stereocenters. The Morgan fingerprint density at radius 3 is 2.83 bits per heavy atom. The molecule has 2 nitrogen and oxygen atoms in total. The molecule has 0 amide bonds. The molecule has 0 radical (unpaired) electrons. The maximum Gasteiger partial charge on any atom is 0.129 e. The minimum Gasteiger partial charge on any atom is -0.369 e. The largest absolute Gasteiger partial charge is 0.369 e. The number of anilines is 1. The van der Waals surface area contributed by atoms with Crippen LogP contribution in [0.3, 0.4) is 0 Å². The molecular weight excluding hydrogens is 220 g/mol. The number of rotatable bonds is 1. The van der Waals surface area contributed by atoms with E-state index in [0.29, 0.717) is 5.41 Å². The van der Waals surface area contributed by atoms with Crippen LogP contribution in [-0.2, 0) is 5.41 Å². The van der Waals surface area contributed by atoms with Gasteiger partial charge in [-0.25, -0.2) is 4.98 Å². The fraction of sp³-hybridized carbons (Fsp3) is 0.312. The van der Waals surface area contributed by atoms with Crippen LogP contribution in [0, 0.1) is 6.92 Å². The first-order chi connectivity index (χ1) is 8.77. The van der Waals surface area contributed by atoms with Crippen molar-refractivity contribution in [3.05, 3.63) is 47.7 Å². The van der Waals surface area contributed by atoms with Crippen molar-refractivity contribution in [1.82, 2.24) is 4.98 Å². The number of hydrogen-bond acceptors (Lipinski definition) is 2. The molecule has 0 bridgehead atoms. The van der Waals surface area contributed by atoms with E-state index in [4.69, 9.17) is 0 Å². The summed E-state index contributed by atoms with van der Waals surface area (Å²) in [5, 5.41) is 3.43. The quantitative estimate of drug-likeness (QED) is 0.819. The topological polar surface area (TPSA) is 24.9 Å². The van der Waals surface area contributed by atoms with Crippen molar-refractivity contribution in [2.75, 3.05) is 11.9 Å². The summed E-state index contributed by atoms with van der Waals surface area (Å²) in [6.07, 6.45) is 4.61.